The summed E-state index contributed by atoms with van der Waals surface area (Å²) in [5.74, 6) is -0.202. The van der Waals surface area contributed by atoms with E-state index in [0.29, 0.717) is 24.3 Å². The molecule has 1 aromatic heterocycles. The molecular weight excluding hydrogens is 218 g/mol. The first kappa shape index (κ1) is 11.9. The highest BCUT2D eigenvalue weighted by Crippen LogP contribution is 2.43. The van der Waals surface area contributed by atoms with E-state index in [-0.39, 0.29) is 0 Å². The fraction of sp³-hybridized carbons (Fsp3) is 0.538. The Morgan fingerprint density at radius 2 is 2.06 bits per heavy atom. The van der Waals surface area contributed by atoms with Crippen molar-refractivity contribution in [2.45, 2.75) is 38.0 Å². The number of hydrogen-bond acceptors (Lipinski definition) is 3. The van der Waals surface area contributed by atoms with Crippen LogP contribution in [0.25, 0.3) is 0 Å². The Morgan fingerprint density at radius 1 is 1.41 bits per heavy atom. The molecule has 0 atom stereocenters. The number of carboxylic acids is 1. The van der Waals surface area contributed by atoms with Gasteiger partial charge in [0.1, 0.15) is 11.2 Å². The number of hydrogen-bond donors (Lipinski definition) is 1. The lowest BCUT2D eigenvalue weighted by atomic mass is 9.81. The maximum absolute atomic E-state index is 11.6. The van der Waals surface area contributed by atoms with Crippen LogP contribution >= 0.6 is 0 Å². The minimum Gasteiger partial charge on any atom is -0.495 e. The molecule has 0 aliphatic heterocycles. The number of ether oxygens (including phenoxy) is 1. The average Bonchev–Trinajstić information content (AvgIpc) is 2.79. The fourth-order valence-corrected chi connectivity index (χ4v) is 2.58. The first-order chi connectivity index (χ1) is 8.10. The predicted octanol–water partition coefficient (Wildman–Crippen LogP) is 2.30. The van der Waals surface area contributed by atoms with Gasteiger partial charge in [-0.15, -0.1) is 0 Å². The van der Waals surface area contributed by atoms with Gasteiger partial charge in [0.2, 0.25) is 0 Å². The largest absolute Gasteiger partial charge is 0.495 e. The van der Waals surface area contributed by atoms with Crippen LogP contribution in [0.1, 0.15) is 37.1 Å². The lowest BCUT2D eigenvalue weighted by Gasteiger charge is -2.25. The first-order valence-electron chi connectivity index (χ1n) is 5.86. The van der Waals surface area contributed by atoms with Crippen molar-refractivity contribution in [1.29, 1.82) is 0 Å². The van der Waals surface area contributed by atoms with E-state index in [1.807, 2.05) is 13.0 Å². The number of aryl methyl sites for hydroxylation is 1. The molecule has 92 valence electrons. The molecule has 0 spiro atoms. The van der Waals surface area contributed by atoms with E-state index in [1.165, 1.54) is 0 Å². The molecule has 1 heterocycles. The predicted molar refractivity (Wildman–Crippen MR) is 63.3 cm³/mol. The van der Waals surface area contributed by atoms with Crippen LogP contribution in [-0.2, 0) is 10.2 Å². The molecule has 0 bridgehead atoms. The highest BCUT2D eigenvalue weighted by Gasteiger charge is 2.46. The summed E-state index contributed by atoms with van der Waals surface area (Å²) in [6, 6.07) is 3.65. The summed E-state index contributed by atoms with van der Waals surface area (Å²) in [4.78, 5) is 16.0. The van der Waals surface area contributed by atoms with Gasteiger partial charge in [-0.25, -0.2) is 0 Å². The van der Waals surface area contributed by atoms with E-state index in [1.54, 1.807) is 13.2 Å². The van der Waals surface area contributed by atoms with Gasteiger partial charge < -0.3 is 9.84 Å². The van der Waals surface area contributed by atoms with Crippen LogP contribution in [0, 0.1) is 6.92 Å². The van der Waals surface area contributed by atoms with Gasteiger partial charge >= 0.3 is 5.97 Å². The Balaban J connectivity index is 2.56. The Kier molecular flexibility index (Phi) is 3.05. The van der Waals surface area contributed by atoms with Gasteiger partial charge in [-0.3, -0.25) is 9.78 Å². The molecule has 0 aromatic carbocycles. The number of carbonyl (C=O) groups is 1. The molecule has 0 radical (unpaired) electrons. The smallest absolute Gasteiger partial charge is 0.315 e. The molecule has 0 unspecified atom stereocenters. The highest BCUT2D eigenvalue weighted by atomic mass is 16.5. The standard InChI is InChI=1S/C13H17NO3/c1-9-5-6-10(17-2)11(14-9)13(12(15)16)7-3-4-8-13/h5-6H,3-4,7-8H2,1-2H3,(H,15,16). The van der Waals surface area contributed by atoms with Crippen molar-refractivity contribution in [2.24, 2.45) is 0 Å². The van der Waals surface area contributed by atoms with Crippen LogP contribution in [0.5, 0.6) is 5.75 Å². The van der Waals surface area contributed by atoms with E-state index in [9.17, 15) is 9.90 Å². The summed E-state index contributed by atoms with van der Waals surface area (Å²) in [6.45, 7) is 1.87. The average molecular weight is 235 g/mol. The van der Waals surface area contributed by atoms with Gasteiger partial charge in [0.15, 0.2) is 0 Å². The summed E-state index contributed by atoms with van der Waals surface area (Å²) >= 11 is 0. The molecule has 0 saturated heterocycles. The van der Waals surface area contributed by atoms with E-state index in [0.717, 1.165) is 18.5 Å². The van der Waals surface area contributed by atoms with Crippen molar-refractivity contribution >= 4 is 5.97 Å². The number of aromatic nitrogens is 1. The van der Waals surface area contributed by atoms with Gasteiger partial charge in [-0.1, -0.05) is 12.8 Å². The van der Waals surface area contributed by atoms with E-state index < -0.39 is 11.4 Å². The zero-order chi connectivity index (χ0) is 12.5. The lowest BCUT2D eigenvalue weighted by Crippen LogP contribution is -2.34. The van der Waals surface area contributed by atoms with Gasteiger partial charge in [-0.05, 0) is 31.9 Å². The molecule has 1 aliphatic rings. The van der Waals surface area contributed by atoms with Crippen LogP contribution in [0.3, 0.4) is 0 Å². The highest BCUT2D eigenvalue weighted by molar-refractivity contribution is 5.82. The monoisotopic (exact) mass is 235 g/mol. The summed E-state index contributed by atoms with van der Waals surface area (Å²) in [5, 5.41) is 9.53. The van der Waals surface area contributed by atoms with Crippen LogP contribution in [0.2, 0.25) is 0 Å². The Labute approximate surface area is 101 Å². The molecule has 2 rings (SSSR count). The summed E-state index contributed by atoms with van der Waals surface area (Å²) in [5.41, 5.74) is 0.565. The molecule has 1 aromatic rings. The molecule has 1 fully saturated rings. The Morgan fingerprint density at radius 3 is 2.59 bits per heavy atom. The zero-order valence-corrected chi connectivity index (χ0v) is 10.2. The Hall–Kier alpha value is -1.58. The van der Waals surface area contributed by atoms with Gasteiger partial charge in [-0.2, -0.15) is 0 Å². The van der Waals surface area contributed by atoms with Crippen molar-refractivity contribution in [3.8, 4) is 5.75 Å². The van der Waals surface area contributed by atoms with Crippen LogP contribution in [0.15, 0.2) is 12.1 Å². The first-order valence-corrected chi connectivity index (χ1v) is 5.86. The molecular formula is C13H17NO3. The van der Waals surface area contributed by atoms with E-state index in [2.05, 4.69) is 4.98 Å². The second kappa shape index (κ2) is 4.35. The minimum atomic E-state index is -0.850. The quantitative estimate of drug-likeness (QED) is 0.873. The normalized spacial score (nSPS) is 18.0. The van der Waals surface area contributed by atoms with Crippen molar-refractivity contribution in [1.82, 2.24) is 4.98 Å². The summed E-state index contributed by atoms with van der Waals surface area (Å²) in [6.07, 6.45) is 3.17. The number of pyridine rings is 1. The molecule has 1 aliphatic carbocycles. The third kappa shape index (κ3) is 1.88. The molecule has 4 nitrogen and oxygen atoms in total. The molecule has 17 heavy (non-hydrogen) atoms. The SMILES string of the molecule is COc1ccc(C)nc1C1(C(=O)O)CCCC1. The van der Waals surface area contributed by atoms with E-state index in [4.69, 9.17) is 4.74 Å². The third-order valence-electron chi connectivity index (χ3n) is 3.54. The molecule has 0 amide bonds. The van der Waals surface area contributed by atoms with Gasteiger partial charge in [0, 0.05) is 5.69 Å². The van der Waals surface area contributed by atoms with Crippen LogP contribution in [-0.4, -0.2) is 23.2 Å². The van der Waals surface area contributed by atoms with Crippen molar-refractivity contribution in [2.75, 3.05) is 7.11 Å². The second-order valence-electron chi connectivity index (χ2n) is 4.60. The molecule has 1 saturated carbocycles. The van der Waals surface area contributed by atoms with Crippen molar-refractivity contribution in [3.05, 3.63) is 23.5 Å². The van der Waals surface area contributed by atoms with Crippen LogP contribution < -0.4 is 4.74 Å². The molecule has 4 heteroatoms. The second-order valence-corrected chi connectivity index (χ2v) is 4.60. The summed E-state index contributed by atoms with van der Waals surface area (Å²) in [7, 11) is 1.56. The number of nitrogens with zero attached hydrogens (tertiary/aromatic N) is 1. The number of aliphatic carboxylic acids is 1. The summed E-state index contributed by atoms with van der Waals surface area (Å²) < 4.78 is 5.26. The van der Waals surface area contributed by atoms with Crippen LogP contribution in [0.4, 0.5) is 0 Å². The Bertz CT molecular complexity index is 436. The number of carboxylic acid groups (broad SMARTS) is 1. The van der Waals surface area contributed by atoms with Crippen molar-refractivity contribution < 1.29 is 14.6 Å². The zero-order valence-electron chi connectivity index (χ0n) is 10.2. The fourth-order valence-electron chi connectivity index (χ4n) is 2.58. The third-order valence-corrected chi connectivity index (χ3v) is 3.54. The van der Waals surface area contributed by atoms with Gasteiger partial charge in [0.25, 0.3) is 0 Å². The number of methoxy groups -OCH3 is 1. The van der Waals surface area contributed by atoms with E-state index >= 15 is 0 Å². The number of rotatable bonds is 3. The minimum absolute atomic E-state index is 0.583. The maximum atomic E-state index is 11.6. The van der Waals surface area contributed by atoms with Gasteiger partial charge in [0.05, 0.1) is 12.8 Å². The topological polar surface area (TPSA) is 59.4 Å². The molecule has 1 N–H and O–H groups in total. The van der Waals surface area contributed by atoms with Crippen molar-refractivity contribution in [3.63, 3.8) is 0 Å². The lowest BCUT2D eigenvalue weighted by molar-refractivity contribution is -0.143. The maximum Gasteiger partial charge on any atom is 0.315 e.